The number of nitrogens with one attached hydrogen (secondary N) is 1. The van der Waals surface area contributed by atoms with E-state index in [1.165, 1.54) is 11.3 Å². The molecule has 0 amide bonds. The number of rotatable bonds is 4. The van der Waals surface area contributed by atoms with Crippen LogP contribution in [0.2, 0.25) is 0 Å². The summed E-state index contributed by atoms with van der Waals surface area (Å²) in [6.45, 7) is 3.51. The minimum absolute atomic E-state index is 0.0792. The van der Waals surface area contributed by atoms with Gasteiger partial charge < -0.3 is 4.98 Å². The first-order valence-corrected chi connectivity index (χ1v) is 11.2. The fraction of sp³-hybridized carbons (Fsp3) is 0.304. The molecule has 3 heterocycles. The van der Waals surface area contributed by atoms with Gasteiger partial charge in [0.1, 0.15) is 22.8 Å². The normalized spacial score (nSPS) is 14.2. The molecule has 1 aliphatic rings. The van der Waals surface area contributed by atoms with E-state index >= 15 is 0 Å². The molecule has 0 radical (unpaired) electrons. The first-order valence-electron chi connectivity index (χ1n) is 10.4. The largest absolute Gasteiger partial charge is 0.421 e. The third kappa shape index (κ3) is 3.99. The number of hydrogen-bond donors (Lipinski definition) is 1. The van der Waals surface area contributed by atoms with E-state index in [2.05, 4.69) is 15.1 Å². The Balaban J connectivity index is 1.60. The van der Waals surface area contributed by atoms with Gasteiger partial charge in [0, 0.05) is 16.4 Å². The highest BCUT2D eigenvalue weighted by Crippen LogP contribution is 2.40. The highest BCUT2D eigenvalue weighted by atomic mass is 32.1. The molecule has 5 rings (SSSR count). The number of thiophene rings is 1. The van der Waals surface area contributed by atoms with Crippen LogP contribution in [0.1, 0.15) is 46.3 Å². The van der Waals surface area contributed by atoms with Gasteiger partial charge in [-0.25, -0.2) is 9.67 Å². The van der Waals surface area contributed by atoms with Crippen LogP contribution in [-0.4, -0.2) is 19.7 Å². The minimum atomic E-state index is -4.79. The molecule has 3 aromatic heterocycles. The topological polar surface area (TPSA) is 80.6 Å². The molecule has 6 nitrogen and oxygen atoms in total. The molecule has 10 heteroatoms. The number of aromatic nitrogens is 4. The number of alkyl halides is 3. The van der Waals surface area contributed by atoms with E-state index in [1.807, 2.05) is 38.1 Å². The summed E-state index contributed by atoms with van der Waals surface area (Å²) < 4.78 is 41.0. The molecule has 0 aliphatic heterocycles. The molecule has 1 fully saturated rings. The van der Waals surface area contributed by atoms with Crippen molar-refractivity contribution in [3.8, 4) is 11.1 Å². The molecular weight excluding hydrogens is 453 g/mol. The van der Waals surface area contributed by atoms with Gasteiger partial charge in [0.2, 0.25) is 0 Å². The Morgan fingerprint density at radius 2 is 1.85 bits per heavy atom. The van der Waals surface area contributed by atoms with Gasteiger partial charge in [0.15, 0.2) is 0 Å². The molecule has 0 atom stereocenters. The molecule has 1 N–H and O–H groups in total. The molecule has 170 valence electrons. The maximum atomic E-state index is 13.4. The predicted octanol–water partition coefficient (Wildman–Crippen LogP) is 4.77. The van der Waals surface area contributed by atoms with Crippen LogP contribution in [0, 0.1) is 13.8 Å². The summed E-state index contributed by atoms with van der Waals surface area (Å²) in [5, 5.41) is 4.56. The van der Waals surface area contributed by atoms with Gasteiger partial charge in [-0.3, -0.25) is 9.59 Å². The summed E-state index contributed by atoms with van der Waals surface area (Å²) in [7, 11) is 0. The maximum Gasteiger partial charge on any atom is 0.421 e. The highest BCUT2D eigenvalue weighted by Gasteiger charge is 2.37. The molecule has 0 bridgehead atoms. The zero-order chi connectivity index (χ0) is 23.5. The molecule has 0 spiro atoms. The summed E-state index contributed by atoms with van der Waals surface area (Å²) in [5.41, 5.74) is 0.0786. The lowest BCUT2D eigenvalue weighted by Gasteiger charge is -2.12. The van der Waals surface area contributed by atoms with Gasteiger partial charge in [-0.05, 0) is 38.3 Å². The molecule has 4 aromatic rings. The number of nitrogens with zero attached hydrogens (tertiary/aromatic N) is 3. The van der Waals surface area contributed by atoms with Crippen LogP contribution in [0.15, 0.2) is 39.9 Å². The van der Waals surface area contributed by atoms with Gasteiger partial charge in [0.05, 0.1) is 11.1 Å². The van der Waals surface area contributed by atoms with Crippen LogP contribution in [-0.2, 0) is 12.7 Å². The lowest BCUT2D eigenvalue weighted by molar-refractivity contribution is -0.139. The second kappa shape index (κ2) is 7.65. The van der Waals surface area contributed by atoms with Crippen molar-refractivity contribution in [2.45, 2.75) is 45.3 Å². The zero-order valence-corrected chi connectivity index (χ0v) is 18.6. The Morgan fingerprint density at radius 3 is 2.48 bits per heavy atom. The summed E-state index contributed by atoms with van der Waals surface area (Å²) in [6, 6.07) is 8.62. The Bertz CT molecular complexity index is 1500. The summed E-state index contributed by atoms with van der Waals surface area (Å²) >= 11 is 1.33. The fourth-order valence-corrected chi connectivity index (χ4v) is 4.96. The molecule has 0 unspecified atom stereocenters. The lowest BCUT2D eigenvalue weighted by atomic mass is 10.0. The van der Waals surface area contributed by atoms with Gasteiger partial charge in [-0.2, -0.15) is 18.3 Å². The number of aryl methyl sites for hydroxylation is 2. The smallest absolute Gasteiger partial charge is 0.308 e. The van der Waals surface area contributed by atoms with Crippen LogP contribution in [0.4, 0.5) is 13.2 Å². The van der Waals surface area contributed by atoms with Gasteiger partial charge in [0.25, 0.3) is 11.1 Å². The summed E-state index contributed by atoms with van der Waals surface area (Å²) in [4.78, 5) is 33.9. The monoisotopic (exact) mass is 472 g/mol. The van der Waals surface area contributed by atoms with E-state index in [0.29, 0.717) is 10.2 Å². The Morgan fingerprint density at radius 1 is 1.15 bits per heavy atom. The number of fused-ring (bicyclic) bond motifs is 1. The Hall–Kier alpha value is -3.27. The zero-order valence-electron chi connectivity index (χ0n) is 17.8. The number of H-pyrrole nitrogens is 1. The third-order valence-electron chi connectivity index (χ3n) is 5.72. The molecule has 1 aliphatic carbocycles. The third-order valence-corrected chi connectivity index (χ3v) is 6.72. The van der Waals surface area contributed by atoms with Crippen molar-refractivity contribution in [1.82, 2.24) is 19.7 Å². The molecule has 1 saturated carbocycles. The van der Waals surface area contributed by atoms with E-state index < -0.39 is 22.9 Å². The van der Waals surface area contributed by atoms with Crippen LogP contribution in [0.3, 0.4) is 0 Å². The van der Waals surface area contributed by atoms with E-state index in [-0.39, 0.29) is 24.0 Å². The number of aromatic amines is 1. The van der Waals surface area contributed by atoms with Crippen LogP contribution in [0.5, 0.6) is 0 Å². The molecule has 0 saturated heterocycles. The van der Waals surface area contributed by atoms with Crippen molar-refractivity contribution in [3.05, 3.63) is 78.6 Å². The quantitative estimate of drug-likeness (QED) is 0.464. The van der Waals surface area contributed by atoms with Crippen molar-refractivity contribution in [2.75, 3.05) is 0 Å². The van der Waals surface area contributed by atoms with E-state index in [9.17, 15) is 22.8 Å². The SMILES string of the molecule is Cc1ccc(-c2c(C)sc3nc(Cn4nc(C5CC5)cc(C(F)(F)F)c4=O)[nH]c(=O)c23)cc1. The number of halogens is 3. The molecule has 33 heavy (non-hydrogen) atoms. The van der Waals surface area contributed by atoms with Gasteiger partial charge in [-0.15, -0.1) is 11.3 Å². The highest BCUT2D eigenvalue weighted by molar-refractivity contribution is 7.19. The lowest BCUT2D eigenvalue weighted by Crippen LogP contribution is -2.32. The van der Waals surface area contributed by atoms with Crippen molar-refractivity contribution >= 4 is 21.6 Å². The summed E-state index contributed by atoms with van der Waals surface area (Å²) in [5.74, 6) is 0.00401. The van der Waals surface area contributed by atoms with E-state index in [0.717, 1.165) is 45.2 Å². The fourth-order valence-electron chi connectivity index (χ4n) is 3.90. The average Bonchev–Trinajstić information content (AvgIpc) is 3.52. The van der Waals surface area contributed by atoms with Crippen molar-refractivity contribution in [2.24, 2.45) is 0 Å². The van der Waals surface area contributed by atoms with E-state index in [4.69, 9.17) is 0 Å². The van der Waals surface area contributed by atoms with E-state index in [1.54, 1.807) is 0 Å². The van der Waals surface area contributed by atoms with Gasteiger partial charge in [-0.1, -0.05) is 29.8 Å². The maximum absolute atomic E-state index is 13.4. The molecule has 1 aromatic carbocycles. The van der Waals surface area contributed by atoms with Crippen molar-refractivity contribution in [3.63, 3.8) is 0 Å². The Kier molecular flexibility index (Phi) is 5.00. The van der Waals surface area contributed by atoms with Crippen molar-refractivity contribution in [1.29, 1.82) is 0 Å². The molecular formula is C23H19F3N4O2S. The minimum Gasteiger partial charge on any atom is -0.308 e. The van der Waals surface area contributed by atoms with Gasteiger partial charge >= 0.3 is 6.18 Å². The summed E-state index contributed by atoms with van der Waals surface area (Å²) in [6.07, 6.45) is -3.32. The van der Waals surface area contributed by atoms with Crippen LogP contribution < -0.4 is 11.1 Å². The first-order chi connectivity index (χ1) is 15.6. The first kappa shape index (κ1) is 21.6. The van der Waals surface area contributed by atoms with Crippen molar-refractivity contribution < 1.29 is 13.2 Å². The standard InChI is InChI=1S/C23H19F3N4O2S/c1-11-3-5-14(6-4-11)18-12(2)33-21-19(18)20(31)27-17(28-21)10-30-22(32)15(23(24,25)26)9-16(29-30)13-7-8-13/h3-6,9,13H,7-8,10H2,1-2H3,(H,27,28,31). The number of hydrogen-bond acceptors (Lipinski definition) is 5. The number of benzene rings is 1. The van der Waals surface area contributed by atoms with Crippen LogP contribution in [0.25, 0.3) is 21.3 Å². The Labute approximate surface area is 189 Å². The second-order valence-electron chi connectivity index (χ2n) is 8.31. The average molecular weight is 472 g/mol. The second-order valence-corrected chi connectivity index (χ2v) is 9.51. The predicted molar refractivity (Wildman–Crippen MR) is 120 cm³/mol. The van der Waals surface area contributed by atoms with Crippen LogP contribution >= 0.6 is 11.3 Å².